The van der Waals surface area contributed by atoms with Crippen molar-refractivity contribution in [2.24, 2.45) is 0 Å². The normalized spacial score (nSPS) is 25.0. The molecule has 2 heterocycles. The first-order valence-electron chi connectivity index (χ1n) is 9.75. The van der Waals surface area contributed by atoms with Gasteiger partial charge in [0.15, 0.2) is 22.9 Å². The van der Waals surface area contributed by atoms with Crippen LogP contribution in [0, 0.1) is 0 Å². The monoisotopic (exact) mass is 460 g/mol. The number of aromatic hydroxyl groups is 1. The number of hydrogen-bond acceptors (Lipinski definition) is 10. The van der Waals surface area contributed by atoms with Gasteiger partial charge in [-0.3, -0.25) is 4.79 Å². The van der Waals surface area contributed by atoms with Gasteiger partial charge in [0.05, 0.1) is 7.11 Å². The van der Waals surface area contributed by atoms with Gasteiger partial charge in [-0.05, 0) is 0 Å². The van der Waals surface area contributed by atoms with Crippen LogP contribution in [0.3, 0.4) is 0 Å². The van der Waals surface area contributed by atoms with Gasteiger partial charge in [0.25, 0.3) is 0 Å². The third kappa shape index (κ3) is 3.98. The molecule has 1 aliphatic rings. The summed E-state index contributed by atoms with van der Waals surface area (Å²) in [5.74, 6) is -2.36. The van der Waals surface area contributed by atoms with Crippen molar-refractivity contribution in [3.63, 3.8) is 0 Å². The minimum absolute atomic E-state index is 0.152. The molecule has 4 rings (SSSR count). The molecule has 0 aliphatic carbocycles. The molecule has 5 atom stereocenters. The Hall–Kier alpha value is -3.64. The number of aliphatic carboxylic acids is 1. The first-order chi connectivity index (χ1) is 15.7. The molecule has 3 aromatic rings. The number of methoxy groups -OCH3 is 1. The van der Waals surface area contributed by atoms with E-state index < -0.39 is 47.9 Å². The largest absolute Gasteiger partial charge is 0.507 e. The van der Waals surface area contributed by atoms with E-state index in [9.17, 15) is 35.1 Å². The Morgan fingerprint density at radius 3 is 2.36 bits per heavy atom. The molecule has 0 amide bonds. The Morgan fingerprint density at radius 2 is 1.73 bits per heavy atom. The Kier molecular flexibility index (Phi) is 5.95. The highest BCUT2D eigenvalue weighted by Gasteiger charge is 2.48. The van der Waals surface area contributed by atoms with Crippen molar-refractivity contribution in [2.75, 3.05) is 7.11 Å². The van der Waals surface area contributed by atoms with Gasteiger partial charge in [-0.25, -0.2) is 4.79 Å². The van der Waals surface area contributed by atoms with E-state index >= 15 is 0 Å². The first-order valence-corrected chi connectivity index (χ1v) is 9.75. The zero-order valence-electron chi connectivity index (χ0n) is 17.1. The number of carboxylic acids is 1. The second kappa shape index (κ2) is 8.71. The summed E-state index contributed by atoms with van der Waals surface area (Å²) >= 11 is 0. The topological polar surface area (TPSA) is 176 Å². The number of carbonyl (C=O) groups is 1. The zero-order chi connectivity index (χ0) is 23.9. The molecule has 5 N–H and O–H groups in total. The van der Waals surface area contributed by atoms with Crippen molar-refractivity contribution in [1.82, 2.24) is 0 Å². The van der Waals surface area contributed by atoms with Gasteiger partial charge in [-0.1, -0.05) is 30.3 Å². The Labute approximate surface area is 185 Å². The van der Waals surface area contributed by atoms with E-state index in [0.717, 1.165) is 6.07 Å². The van der Waals surface area contributed by atoms with Crippen LogP contribution in [0.2, 0.25) is 0 Å². The molecule has 0 unspecified atom stereocenters. The van der Waals surface area contributed by atoms with E-state index in [1.807, 2.05) is 0 Å². The molecule has 0 saturated carbocycles. The van der Waals surface area contributed by atoms with Gasteiger partial charge in [-0.2, -0.15) is 0 Å². The summed E-state index contributed by atoms with van der Waals surface area (Å²) < 4.78 is 21.8. The molecule has 174 valence electrons. The maximum Gasteiger partial charge on any atom is 0.335 e. The average molecular weight is 460 g/mol. The van der Waals surface area contributed by atoms with E-state index in [-0.39, 0.29) is 28.2 Å². The number of phenols is 1. The highest BCUT2D eigenvalue weighted by molar-refractivity contribution is 5.91. The molecule has 1 aliphatic heterocycles. The zero-order valence-corrected chi connectivity index (χ0v) is 17.1. The van der Waals surface area contributed by atoms with Crippen LogP contribution in [-0.4, -0.2) is 69.3 Å². The lowest BCUT2D eigenvalue weighted by Gasteiger charge is -2.38. The van der Waals surface area contributed by atoms with E-state index in [1.165, 1.54) is 13.2 Å². The van der Waals surface area contributed by atoms with E-state index in [2.05, 4.69) is 0 Å². The number of benzene rings is 2. The third-order valence-corrected chi connectivity index (χ3v) is 5.22. The number of aliphatic hydroxyl groups is 3. The number of aliphatic hydroxyl groups excluding tert-OH is 3. The van der Waals surface area contributed by atoms with Gasteiger partial charge in [0.2, 0.25) is 12.0 Å². The molecule has 0 bridgehead atoms. The minimum atomic E-state index is -1.91. The molecule has 11 nitrogen and oxygen atoms in total. The second-order valence-electron chi connectivity index (χ2n) is 7.33. The van der Waals surface area contributed by atoms with Gasteiger partial charge in [0, 0.05) is 17.7 Å². The number of fused-ring (bicyclic) bond motifs is 1. The number of carboxylic acid groups (broad SMARTS) is 1. The predicted octanol–water partition coefficient (Wildman–Crippen LogP) is 0.445. The van der Waals surface area contributed by atoms with Crippen LogP contribution in [-0.2, 0) is 9.53 Å². The molecule has 0 radical (unpaired) electrons. The van der Waals surface area contributed by atoms with E-state index in [0.29, 0.717) is 5.56 Å². The molecule has 1 fully saturated rings. The SMILES string of the molecule is COc1c(O[C@@H]2O[C@@H](C(=O)O)[C@@H](O)[C@@H](O)[C@H]2O)cc(O)c2c(=O)cc(-c3ccccc3)oc12. The number of rotatable bonds is 5. The lowest BCUT2D eigenvalue weighted by molar-refractivity contribution is -0.271. The molecular formula is C22H20O11. The van der Waals surface area contributed by atoms with Crippen molar-refractivity contribution in [3.8, 4) is 28.6 Å². The number of ether oxygens (including phenoxy) is 3. The van der Waals surface area contributed by atoms with Crippen LogP contribution < -0.4 is 14.9 Å². The number of phenolic OH excluding ortho intramolecular Hbond substituents is 1. The summed E-state index contributed by atoms with van der Waals surface area (Å²) in [6, 6.07) is 10.9. The van der Waals surface area contributed by atoms with Gasteiger partial charge < -0.3 is 44.2 Å². The fourth-order valence-electron chi connectivity index (χ4n) is 3.57. The fraction of sp³-hybridized carbons (Fsp3) is 0.273. The Balaban J connectivity index is 1.81. The quantitative estimate of drug-likeness (QED) is 0.357. The highest BCUT2D eigenvalue weighted by Crippen LogP contribution is 2.42. The first kappa shape index (κ1) is 22.6. The third-order valence-electron chi connectivity index (χ3n) is 5.22. The van der Waals surface area contributed by atoms with Crippen molar-refractivity contribution >= 4 is 16.9 Å². The van der Waals surface area contributed by atoms with Crippen molar-refractivity contribution in [1.29, 1.82) is 0 Å². The van der Waals surface area contributed by atoms with Gasteiger partial charge >= 0.3 is 5.97 Å². The lowest BCUT2D eigenvalue weighted by Crippen LogP contribution is -2.61. The molecule has 11 heteroatoms. The molecule has 1 aromatic heterocycles. The lowest BCUT2D eigenvalue weighted by atomic mass is 9.99. The van der Waals surface area contributed by atoms with Crippen LogP contribution in [0.4, 0.5) is 0 Å². The van der Waals surface area contributed by atoms with Crippen molar-refractivity contribution in [2.45, 2.75) is 30.7 Å². The second-order valence-corrected chi connectivity index (χ2v) is 7.33. The van der Waals surface area contributed by atoms with Gasteiger partial charge in [-0.15, -0.1) is 0 Å². The fourth-order valence-corrected chi connectivity index (χ4v) is 3.57. The summed E-state index contributed by atoms with van der Waals surface area (Å²) in [5, 5.41) is 49.5. The molecule has 33 heavy (non-hydrogen) atoms. The maximum absolute atomic E-state index is 12.7. The van der Waals surface area contributed by atoms with Crippen molar-refractivity contribution in [3.05, 3.63) is 52.7 Å². The average Bonchev–Trinajstić information content (AvgIpc) is 2.79. The van der Waals surface area contributed by atoms with E-state index in [1.54, 1.807) is 30.3 Å². The smallest absolute Gasteiger partial charge is 0.335 e. The summed E-state index contributed by atoms with van der Waals surface area (Å²) in [6.45, 7) is 0. The van der Waals surface area contributed by atoms with Crippen LogP contribution in [0.15, 0.2) is 51.7 Å². The standard InChI is InChI=1S/C22H20O11/c1-30-18-13(32-22-17(27)15(25)16(26)20(33-22)21(28)29)8-11(24)14-10(23)7-12(31-19(14)18)9-5-3-2-4-6-9/h2-8,15-17,20,22,24-27H,1H3,(H,28,29)/t15-,16+,17-,20-,22-/m1/s1. The Morgan fingerprint density at radius 1 is 1.03 bits per heavy atom. The molecule has 1 saturated heterocycles. The molecular weight excluding hydrogens is 440 g/mol. The van der Waals surface area contributed by atoms with Crippen molar-refractivity contribution < 1.29 is 49.0 Å². The Bertz CT molecular complexity index is 1240. The van der Waals surface area contributed by atoms with Crippen LogP contribution in [0.1, 0.15) is 0 Å². The van der Waals surface area contributed by atoms with Gasteiger partial charge in [0.1, 0.15) is 35.2 Å². The summed E-state index contributed by atoms with van der Waals surface area (Å²) in [6.07, 6.45) is -9.31. The minimum Gasteiger partial charge on any atom is -0.507 e. The predicted molar refractivity (Wildman–Crippen MR) is 111 cm³/mol. The summed E-state index contributed by atoms with van der Waals surface area (Å²) in [4.78, 5) is 24.0. The number of hydrogen-bond donors (Lipinski definition) is 5. The van der Waals surface area contributed by atoms with E-state index in [4.69, 9.17) is 18.6 Å². The van der Waals surface area contributed by atoms with Crippen LogP contribution >= 0.6 is 0 Å². The molecule has 2 aromatic carbocycles. The summed E-state index contributed by atoms with van der Waals surface area (Å²) in [5.41, 5.74) is -0.146. The van der Waals surface area contributed by atoms with Crippen LogP contribution in [0.25, 0.3) is 22.3 Å². The summed E-state index contributed by atoms with van der Waals surface area (Å²) in [7, 11) is 1.24. The molecule has 0 spiro atoms. The highest BCUT2D eigenvalue weighted by atomic mass is 16.7. The maximum atomic E-state index is 12.7. The van der Waals surface area contributed by atoms with Crippen LogP contribution in [0.5, 0.6) is 17.2 Å².